The monoisotopic (exact) mass is 460 g/mol. The number of rotatable bonds is 7. The van der Waals surface area contributed by atoms with Crippen LogP contribution in [0.1, 0.15) is 6.92 Å². The van der Waals surface area contributed by atoms with E-state index in [9.17, 15) is 57.1 Å². The molecule has 0 aliphatic rings. The summed E-state index contributed by atoms with van der Waals surface area (Å²) in [6.45, 7) is 0.120. The lowest BCUT2D eigenvalue weighted by Crippen LogP contribution is -2.70. The molecule has 1 unspecified atom stereocenters. The second kappa shape index (κ2) is 6.80. The maximum atomic E-state index is 13.5. The van der Waals surface area contributed by atoms with Crippen LogP contribution in [-0.2, 0) is 0 Å². The van der Waals surface area contributed by atoms with Crippen molar-refractivity contribution in [2.24, 2.45) is 5.92 Å². The SMILES string of the molecule is CC(C[SiH](Cl)Cl)C(F)(F)C(F)(F)C(F)(F)C(F)(F)C(F)(F)C(F)(F)F. The molecule has 0 aliphatic carbocycles. The topological polar surface area (TPSA) is 0 Å². The Hall–Kier alpha value is -0.113. The molecular formula is C9H7Cl2F13Si. The van der Waals surface area contributed by atoms with Crippen molar-refractivity contribution < 1.29 is 57.1 Å². The van der Waals surface area contributed by atoms with E-state index in [2.05, 4.69) is 0 Å². The summed E-state index contributed by atoms with van der Waals surface area (Å²) in [6.07, 6.45) is -7.42. The molecular weight excluding hydrogens is 454 g/mol. The van der Waals surface area contributed by atoms with Gasteiger partial charge in [0.25, 0.3) is 0 Å². The van der Waals surface area contributed by atoms with Crippen molar-refractivity contribution in [2.45, 2.75) is 48.8 Å². The molecule has 16 heteroatoms. The van der Waals surface area contributed by atoms with Gasteiger partial charge in [-0.2, -0.15) is 79.2 Å². The minimum atomic E-state index is -7.89. The van der Waals surface area contributed by atoms with E-state index in [1.54, 1.807) is 0 Å². The third kappa shape index (κ3) is 3.80. The van der Waals surface area contributed by atoms with Crippen molar-refractivity contribution in [1.82, 2.24) is 0 Å². The van der Waals surface area contributed by atoms with E-state index in [1.807, 2.05) is 0 Å². The van der Waals surface area contributed by atoms with Crippen LogP contribution >= 0.6 is 22.2 Å². The van der Waals surface area contributed by atoms with Crippen LogP contribution in [0.25, 0.3) is 0 Å². The van der Waals surface area contributed by atoms with E-state index in [-0.39, 0.29) is 6.92 Å². The lowest BCUT2D eigenvalue weighted by molar-refractivity contribution is -0.442. The molecule has 1 atom stereocenters. The van der Waals surface area contributed by atoms with Crippen LogP contribution in [0.5, 0.6) is 0 Å². The lowest BCUT2D eigenvalue weighted by atomic mass is 9.89. The fourth-order valence-electron chi connectivity index (χ4n) is 1.51. The largest absolute Gasteiger partial charge is 0.460 e. The summed E-state index contributed by atoms with van der Waals surface area (Å²) in [4.78, 5) is 0. The maximum absolute atomic E-state index is 13.5. The van der Waals surface area contributed by atoms with Gasteiger partial charge < -0.3 is 0 Å². The molecule has 0 heterocycles. The highest BCUT2D eigenvalue weighted by molar-refractivity contribution is 7.33. The van der Waals surface area contributed by atoms with Gasteiger partial charge in [0.2, 0.25) is 7.42 Å². The molecule has 0 aromatic rings. The minimum Gasteiger partial charge on any atom is -0.199 e. The number of hydrogen-bond acceptors (Lipinski definition) is 0. The van der Waals surface area contributed by atoms with Crippen LogP contribution in [0.3, 0.4) is 0 Å². The molecule has 152 valence electrons. The molecule has 0 aromatic carbocycles. The zero-order valence-electron chi connectivity index (χ0n) is 11.5. The molecule has 0 nitrogen and oxygen atoms in total. The molecule has 0 fully saturated rings. The third-order valence-electron chi connectivity index (χ3n) is 3.11. The Morgan fingerprint density at radius 1 is 0.640 bits per heavy atom. The van der Waals surface area contributed by atoms with E-state index in [0.717, 1.165) is 0 Å². The Kier molecular flexibility index (Phi) is 6.77. The quantitative estimate of drug-likeness (QED) is 0.246. The van der Waals surface area contributed by atoms with Crippen LogP contribution < -0.4 is 0 Å². The van der Waals surface area contributed by atoms with Gasteiger partial charge in [-0.3, -0.25) is 0 Å². The second-order valence-electron chi connectivity index (χ2n) is 4.95. The predicted octanol–water partition coefficient (Wildman–Crippen LogP) is 6.06. The summed E-state index contributed by atoms with van der Waals surface area (Å²) in [5, 5.41) is 0. The molecule has 0 aliphatic heterocycles. The smallest absolute Gasteiger partial charge is 0.199 e. The van der Waals surface area contributed by atoms with Gasteiger partial charge >= 0.3 is 35.8 Å². The van der Waals surface area contributed by atoms with Gasteiger partial charge in [0.15, 0.2) is 0 Å². The van der Waals surface area contributed by atoms with Crippen molar-refractivity contribution in [3.8, 4) is 0 Å². The molecule has 0 spiro atoms. The fraction of sp³-hybridized carbons (Fsp3) is 1.00. The van der Waals surface area contributed by atoms with Crippen LogP contribution in [0, 0.1) is 5.92 Å². The predicted molar refractivity (Wildman–Crippen MR) is 63.6 cm³/mol. The highest BCUT2D eigenvalue weighted by atomic mass is 35.7. The van der Waals surface area contributed by atoms with Crippen LogP contribution in [0.2, 0.25) is 6.04 Å². The molecule has 0 N–H and O–H groups in total. The van der Waals surface area contributed by atoms with Crippen LogP contribution in [0.4, 0.5) is 57.1 Å². The standard InChI is InChI=1S/C9H7Cl2F13Si/c1-3(2-25(10)11)4(12,13)5(14,15)6(16,17)7(18,19)8(20,21)9(22,23)24/h3,25H,2H2,1H3. The summed E-state index contributed by atoms with van der Waals surface area (Å²) in [7, 11) is -3.19. The first-order valence-corrected chi connectivity index (χ1v) is 10.1. The Bertz CT molecular complexity index is 473. The normalized spacial score (nSPS) is 17.2. The average Bonchev–Trinajstić information content (AvgIpc) is 2.35. The molecule has 0 aromatic heterocycles. The van der Waals surface area contributed by atoms with Crippen molar-refractivity contribution in [1.29, 1.82) is 0 Å². The van der Waals surface area contributed by atoms with Gasteiger partial charge in [-0.15, -0.1) is 0 Å². The van der Waals surface area contributed by atoms with Gasteiger partial charge in [-0.05, 0) is 6.04 Å². The first-order valence-electron chi connectivity index (χ1n) is 5.83. The fourth-order valence-corrected chi connectivity index (χ4v) is 3.94. The zero-order chi connectivity index (χ0) is 20.9. The molecule has 0 saturated carbocycles. The molecule has 0 rings (SSSR count). The first-order chi connectivity index (χ1) is 10.6. The second-order valence-corrected chi connectivity index (χ2v) is 10.0. The van der Waals surface area contributed by atoms with Gasteiger partial charge in [-0.1, -0.05) is 6.92 Å². The van der Waals surface area contributed by atoms with E-state index in [4.69, 9.17) is 22.2 Å². The van der Waals surface area contributed by atoms with E-state index >= 15 is 0 Å². The van der Waals surface area contributed by atoms with Crippen molar-refractivity contribution >= 4 is 29.6 Å². The Morgan fingerprint density at radius 2 is 0.960 bits per heavy atom. The van der Waals surface area contributed by atoms with E-state index < -0.39 is 55.2 Å². The molecule has 0 saturated heterocycles. The third-order valence-corrected chi connectivity index (χ3v) is 5.24. The molecule has 0 radical (unpaired) electrons. The zero-order valence-corrected chi connectivity index (χ0v) is 14.2. The Morgan fingerprint density at radius 3 is 1.24 bits per heavy atom. The van der Waals surface area contributed by atoms with Gasteiger partial charge in [0.05, 0.1) is 0 Å². The number of halogens is 15. The summed E-state index contributed by atoms with van der Waals surface area (Å²) in [6, 6.07) is -1.25. The van der Waals surface area contributed by atoms with Crippen molar-refractivity contribution in [3.05, 3.63) is 0 Å². The van der Waals surface area contributed by atoms with Gasteiger partial charge in [-0.25, -0.2) is 0 Å². The lowest BCUT2D eigenvalue weighted by Gasteiger charge is -2.41. The van der Waals surface area contributed by atoms with E-state index in [0.29, 0.717) is 0 Å². The molecule has 25 heavy (non-hydrogen) atoms. The van der Waals surface area contributed by atoms with E-state index in [1.165, 1.54) is 0 Å². The van der Waals surface area contributed by atoms with Crippen molar-refractivity contribution in [3.63, 3.8) is 0 Å². The first kappa shape index (κ1) is 24.9. The average molecular weight is 461 g/mol. The summed E-state index contributed by atoms with van der Waals surface area (Å²) in [5.74, 6) is -39.7. The summed E-state index contributed by atoms with van der Waals surface area (Å²) < 4.78 is 167. The summed E-state index contributed by atoms with van der Waals surface area (Å²) in [5.41, 5.74) is 0. The molecule has 0 amide bonds. The highest BCUT2D eigenvalue weighted by Crippen LogP contribution is 2.61. The van der Waals surface area contributed by atoms with Crippen LogP contribution in [-0.4, -0.2) is 43.2 Å². The van der Waals surface area contributed by atoms with Gasteiger partial charge in [0.1, 0.15) is 0 Å². The number of alkyl halides is 13. The van der Waals surface area contributed by atoms with Gasteiger partial charge in [0, 0.05) is 5.92 Å². The Labute approximate surface area is 142 Å². The molecule has 0 bridgehead atoms. The summed E-state index contributed by atoms with van der Waals surface area (Å²) >= 11 is 10.2. The maximum Gasteiger partial charge on any atom is 0.460 e. The highest BCUT2D eigenvalue weighted by Gasteiger charge is 2.91. The number of hydrogen-bond donors (Lipinski definition) is 0. The Balaban J connectivity index is 6.20. The van der Waals surface area contributed by atoms with Crippen molar-refractivity contribution in [2.75, 3.05) is 0 Å². The minimum absolute atomic E-state index is 0.120. The van der Waals surface area contributed by atoms with Crippen LogP contribution in [0.15, 0.2) is 0 Å².